The zero-order valence-electron chi connectivity index (χ0n) is 27.9. The summed E-state index contributed by atoms with van der Waals surface area (Å²) in [7, 11) is -2.45. The molecule has 6 N–H and O–H groups in total. The van der Waals surface area contributed by atoms with E-state index in [0.29, 0.717) is 35.2 Å². The normalized spacial score (nSPS) is 22.7. The van der Waals surface area contributed by atoms with Crippen LogP contribution in [0.2, 0.25) is 0 Å². The average molecular weight is 669 g/mol. The van der Waals surface area contributed by atoms with Crippen LogP contribution in [0.1, 0.15) is 48.0 Å². The van der Waals surface area contributed by atoms with Gasteiger partial charge < -0.3 is 40.7 Å². The lowest BCUT2D eigenvalue weighted by atomic mass is 9.97. The Bertz CT molecular complexity index is 1680. The smallest absolute Gasteiger partial charge is 0.459 e. The van der Waals surface area contributed by atoms with Gasteiger partial charge in [0.05, 0.1) is 19.3 Å². The van der Waals surface area contributed by atoms with Crippen LogP contribution >= 0.6 is 7.75 Å². The lowest BCUT2D eigenvalue weighted by molar-refractivity contribution is -0.148. The number of nitrogen functional groups attached to an aromatic ring is 1. The maximum atomic E-state index is 14.5. The average Bonchev–Trinajstić information content (AvgIpc) is 3.58. The molecule has 0 radical (unpaired) electrons. The van der Waals surface area contributed by atoms with E-state index in [0.717, 1.165) is 10.8 Å². The molecule has 1 unspecified atom stereocenters. The van der Waals surface area contributed by atoms with Crippen LogP contribution in [-0.4, -0.2) is 66.4 Å². The van der Waals surface area contributed by atoms with Gasteiger partial charge in [-0.25, -0.2) is 4.57 Å². The number of esters is 1. The number of aromatic nitrogens is 2. The molecule has 14 nitrogen and oxygen atoms in total. The highest BCUT2D eigenvalue weighted by Gasteiger charge is 2.47. The summed E-state index contributed by atoms with van der Waals surface area (Å²) in [6.07, 6.45) is -1.00. The van der Waals surface area contributed by atoms with Gasteiger partial charge in [0.15, 0.2) is 11.6 Å². The number of anilines is 4. The van der Waals surface area contributed by atoms with Crippen molar-refractivity contribution < 1.29 is 27.9 Å². The number of hydrogen-bond acceptors (Lipinski definition) is 13. The predicted molar refractivity (Wildman–Crippen MR) is 183 cm³/mol. The second-order valence-electron chi connectivity index (χ2n) is 13.2. The number of hydrogen-bond donors (Lipinski definition) is 5. The first-order chi connectivity index (χ1) is 22.2. The predicted octanol–water partition coefficient (Wildman–Crippen LogP) is 5.37. The Morgan fingerprint density at radius 2 is 1.96 bits per heavy atom. The van der Waals surface area contributed by atoms with Gasteiger partial charge in [-0.05, 0) is 44.1 Å². The topological polar surface area (TPSA) is 186 Å². The van der Waals surface area contributed by atoms with Crippen LogP contribution in [0.4, 0.5) is 23.3 Å². The maximum absolute atomic E-state index is 14.5. The first kappa shape index (κ1) is 34.4. The van der Waals surface area contributed by atoms with Crippen molar-refractivity contribution in [2.75, 3.05) is 41.5 Å². The summed E-state index contributed by atoms with van der Waals surface area (Å²) in [5.41, 5.74) is 6.88. The SMILES string of the molecule is CNc1nc(N)nc2c1NC(C)N2[C@@H]1O[C@H](CO[P@@](=O)(N[C@@H](C)C(=O)OCC(C)(C)C)Oc2cccc3ccccc23)C[C@@H]1C(C)=N. The molecule has 0 aliphatic carbocycles. The number of fused-ring (bicyclic) bond motifs is 2. The molecule has 0 bridgehead atoms. The van der Waals surface area contributed by atoms with Gasteiger partial charge in [-0.2, -0.15) is 15.1 Å². The number of ether oxygens (including phenoxy) is 2. The Morgan fingerprint density at radius 3 is 2.66 bits per heavy atom. The molecule has 1 aromatic heterocycles. The molecule has 3 aromatic rings. The Morgan fingerprint density at radius 1 is 1.23 bits per heavy atom. The summed E-state index contributed by atoms with van der Waals surface area (Å²) in [5.74, 6) is 0.627. The molecule has 1 saturated heterocycles. The van der Waals surface area contributed by atoms with Gasteiger partial charge in [0, 0.05) is 24.1 Å². The second kappa shape index (κ2) is 13.6. The Hall–Kier alpha value is -3.97. The number of benzene rings is 2. The number of nitrogens with one attached hydrogen (secondary N) is 4. The number of carbonyl (C=O) groups excluding carboxylic acids is 1. The Labute approximate surface area is 275 Å². The van der Waals surface area contributed by atoms with Crippen LogP contribution in [0.25, 0.3) is 10.8 Å². The van der Waals surface area contributed by atoms with Crippen LogP contribution in [0.3, 0.4) is 0 Å². The van der Waals surface area contributed by atoms with E-state index in [4.69, 9.17) is 29.7 Å². The third-order valence-corrected chi connectivity index (χ3v) is 9.56. The first-order valence-electron chi connectivity index (χ1n) is 15.6. The lowest BCUT2D eigenvalue weighted by Crippen LogP contribution is -2.46. The van der Waals surface area contributed by atoms with Crippen LogP contribution in [0.15, 0.2) is 42.5 Å². The fourth-order valence-electron chi connectivity index (χ4n) is 5.65. The van der Waals surface area contributed by atoms with Crippen molar-refractivity contribution in [2.24, 2.45) is 11.3 Å². The van der Waals surface area contributed by atoms with Crippen molar-refractivity contribution in [3.05, 3.63) is 42.5 Å². The second-order valence-corrected chi connectivity index (χ2v) is 14.9. The van der Waals surface area contributed by atoms with Gasteiger partial charge in [0.2, 0.25) is 5.95 Å². The number of rotatable bonds is 12. The maximum Gasteiger partial charge on any atom is 0.459 e. The highest BCUT2D eigenvalue weighted by atomic mass is 31.2. The van der Waals surface area contributed by atoms with E-state index in [9.17, 15) is 9.36 Å². The number of nitrogens with two attached hydrogens (primary N) is 1. The van der Waals surface area contributed by atoms with Crippen molar-refractivity contribution >= 4 is 53.5 Å². The fourth-order valence-corrected chi connectivity index (χ4v) is 7.19. The largest absolute Gasteiger partial charge is 0.464 e. The van der Waals surface area contributed by atoms with E-state index in [1.54, 1.807) is 33.0 Å². The minimum atomic E-state index is -4.20. The zero-order valence-corrected chi connectivity index (χ0v) is 28.8. The monoisotopic (exact) mass is 668 g/mol. The Kier molecular flexibility index (Phi) is 9.97. The summed E-state index contributed by atoms with van der Waals surface area (Å²) in [6, 6.07) is 11.9. The van der Waals surface area contributed by atoms with Crippen molar-refractivity contribution in [3.63, 3.8) is 0 Å². The summed E-state index contributed by atoms with van der Waals surface area (Å²) >= 11 is 0. The zero-order chi connectivity index (χ0) is 34.1. The van der Waals surface area contributed by atoms with Gasteiger partial charge in [0.25, 0.3) is 0 Å². The molecule has 5 rings (SSSR count). The highest BCUT2D eigenvalue weighted by molar-refractivity contribution is 7.52. The fraction of sp³-hybridized carbons (Fsp3) is 0.500. The van der Waals surface area contributed by atoms with Gasteiger partial charge in [-0.3, -0.25) is 9.32 Å². The van der Waals surface area contributed by atoms with E-state index in [1.807, 2.05) is 62.9 Å². The quantitative estimate of drug-likeness (QED) is 0.0943. The molecule has 2 aromatic carbocycles. The van der Waals surface area contributed by atoms with E-state index in [2.05, 4.69) is 25.7 Å². The minimum Gasteiger partial charge on any atom is -0.464 e. The van der Waals surface area contributed by atoms with Crippen LogP contribution < -0.4 is 30.9 Å². The van der Waals surface area contributed by atoms with Crippen molar-refractivity contribution in [1.29, 1.82) is 5.41 Å². The first-order valence-corrected chi connectivity index (χ1v) is 17.2. The number of carbonyl (C=O) groups is 1. The van der Waals surface area contributed by atoms with E-state index in [1.165, 1.54) is 0 Å². The summed E-state index contributed by atoms with van der Waals surface area (Å²) in [4.78, 5) is 23.6. The molecule has 15 heteroatoms. The third-order valence-electron chi connectivity index (χ3n) is 7.93. The molecule has 254 valence electrons. The molecule has 0 saturated carbocycles. The van der Waals surface area contributed by atoms with E-state index >= 15 is 0 Å². The van der Waals surface area contributed by atoms with Gasteiger partial charge in [0.1, 0.15) is 29.9 Å². The molecule has 2 aliphatic heterocycles. The molecular weight excluding hydrogens is 623 g/mol. The lowest BCUT2D eigenvalue weighted by Gasteiger charge is -2.32. The van der Waals surface area contributed by atoms with Crippen molar-refractivity contribution in [3.8, 4) is 5.75 Å². The molecule has 1 fully saturated rings. The van der Waals surface area contributed by atoms with Crippen molar-refractivity contribution in [1.82, 2.24) is 15.1 Å². The third kappa shape index (κ3) is 7.78. The molecule has 6 atom stereocenters. The summed E-state index contributed by atoms with van der Waals surface area (Å²) in [5, 5.41) is 19.4. The van der Waals surface area contributed by atoms with Crippen LogP contribution in [0, 0.1) is 16.7 Å². The van der Waals surface area contributed by atoms with Gasteiger partial charge in [-0.1, -0.05) is 57.2 Å². The van der Waals surface area contributed by atoms with E-state index in [-0.39, 0.29) is 36.7 Å². The molecule has 3 heterocycles. The molecule has 0 spiro atoms. The molecule has 2 aliphatic rings. The minimum absolute atomic E-state index is 0.0998. The van der Waals surface area contributed by atoms with Crippen molar-refractivity contribution in [2.45, 2.75) is 72.5 Å². The van der Waals surface area contributed by atoms with Crippen LogP contribution in [0.5, 0.6) is 5.75 Å². The Balaban J connectivity index is 1.38. The summed E-state index contributed by atoms with van der Waals surface area (Å²) < 4.78 is 38.6. The van der Waals surface area contributed by atoms with Gasteiger partial charge >= 0.3 is 13.7 Å². The van der Waals surface area contributed by atoms with E-state index < -0.39 is 32.1 Å². The highest BCUT2D eigenvalue weighted by Crippen LogP contribution is 2.48. The number of nitrogens with zero attached hydrogens (tertiary/aromatic N) is 3. The standard InChI is InChI=1S/C32H45N8O6P/c1-18(33)24-15-22(45-29(24)40-20(3)36-26-27(35-7)37-31(34)38-28(26)40)16-44-47(42,39-19(2)30(41)43-17-32(4,5)6)46-25-14-10-12-21-11-8-9-13-23(21)25/h8-14,19-20,22,24,29,33,36H,15-17H2,1-7H3,(H,39,42)(H3,34,35,37,38)/t19-,20?,22-,24+,29+,47-/m0/s1. The molecular formula is C32H45N8O6P. The van der Waals surface area contributed by atoms with Crippen LogP contribution in [-0.2, 0) is 23.4 Å². The summed E-state index contributed by atoms with van der Waals surface area (Å²) in [6.45, 7) is 11.1. The molecule has 0 amide bonds. The molecule has 47 heavy (non-hydrogen) atoms. The van der Waals surface area contributed by atoms with Gasteiger partial charge in [-0.15, -0.1) is 0 Å².